The van der Waals surface area contributed by atoms with Gasteiger partial charge >= 0.3 is 0 Å². The fraction of sp³-hybridized carbons (Fsp3) is 0.269. The van der Waals surface area contributed by atoms with E-state index in [9.17, 15) is 9.18 Å². The molecule has 5 rings (SSSR count). The first-order valence-corrected chi connectivity index (χ1v) is 11.0. The molecule has 4 aromatic rings. The summed E-state index contributed by atoms with van der Waals surface area (Å²) in [6.45, 7) is 3.17. The first-order valence-electron chi connectivity index (χ1n) is 11.0. The summed E-state index contributed by atoms with van der Waals surface area (Å²) in [5.41, 5.74) is 2.89. The maximum absolute atomic E-state index is 14.9. The van der Waals surface area contributed by atoms with Gasteiger partial charge in [-0.05, 0) is 49.1 Å². The number of aromatic nitrogens is 3. The Labute approximate surface area is 186 Å². The molecule has 2 aromatic carbocycles. The number of amides is 1. The van der Waals surface area contributed by atoms with Crippen LogP contribution in [0.2, 0.25) is 0 Å². The highest BCUT2D eigenvalue weighted by Gasteiger charge is 2.30. The van der Waals surface area contributed by atoms with E-state index in [-0.39, 0.29) is 17.6 Å². The van der Waals surface area contributed by atoms with Crippen LogP contribution in [-0.2, 0) is 4.79 Å². The lowest BCUT2D eigenvalue weighted by Gasteiger charge is -2.33. The Hall–Kier alpha value is -3.54. The first kappa shape index (κ1) is 20.4. The van der Waals surface area contributed by atoms with Crippen LogP contribution < -0.4 is 0 Å². The number of halogens is 1. The van der Waals surface area contributed by atoms with Gasteiger partial charge in [0.05, 0.1) is 5.92 Å². The van der Waals surface area contributed by atoms with Crippen molar-refractivity contribution in [3.8, 4) is 11.1 Å². The number of carbonyl (C=O) groups is 1. The molecule has 1 aliphatic heterocycles. The molecule has 0 bridgehead atoms. The molecular formula is C26H25FN4O. The first-order chi connectivity index (χ1) is 15.6. The number of hydrogen-bond acceptors (Lipinski definition) is 3. The van der Waals surface area contributed by atoms with E-state index in [1.54, 1.807) is 6.07 Å². The van der Waals surface area contributed by atoms with Gasteiger partial charge in [-0.25, -0.2) is 4.39 Å². The number of likely N-dealkylation sites (tertiary alicyclic amines) is 1. The molecule has 0 aliphatic carbocycles. The zero-order chi connectivity index (χ0) is 22.1. The molecule has 1 saturated heterocycles. The number of nitrogens with zero attached hydrogens (tertiary/aromatic N) is 4. The summed E-state index contributed by atoms with van der Waals surface area (Å²) in [6, 6.07) is 20.4. The van der Waals surface area contributed by atoms with Crippen molar-refractivity contribution in [2.45, 2.75) is 31.6 Å². The number of fused-ring (bicyclic) bond motifs is 1. The van der Waals surface area contributed by atoms with Gasteiger partial charge in [-0.1, -0.05) is 48.5 Å². The van der Waals surface area contributed by atoms with Gasteiger partial charge in [0, 0.05) is 30.8 Å². The van der Waals surface area contributed by atoms with Crippen LogP contribution in [0, 0.1) is 5.82 Å². The van der Waals surface area contributed by atoms with E-state index < -0.39 is 5.92 Å². The Morgan fingerprint density at radius 1 is 1.06 bits per heavy atom. The van der Waals surface area contributed by atoms with Gasteiger partial charge in [0.25, 0.3) is 0 Å². The largest absolute Gasteiger partial charge is 0.341 e. The minimum absolute atomic E-state index is 0.0235. The van der Waals surface area contributed by atoms with E-state index in [1.165, 1.54) is 6.07 Å². The van der Waals surface area contributed by atoms with E-state index in [0.717, 1.165) is 29.9 Å². The van der Waals surface area contributed by atoms with Crippen LogP contribution in [-0.4, -0.2) is 38.5 Å². The van der Waals surface area contributed by atoms with Gasteiger partial charge < -0.3 is 4.90 Å². The second kappa shape index (κ2) is 8.54. The molecule has 0 spiro atoms. The summed E-state index contributed by atoms with van der Waals surface area (Å²) in [5, 5.41) is 8.65. The molecule has 3 heterocycles. The third kappa shape index (κ3) is 3.77. The van der Waals surface area contributed by atoms with E-state index in [0.29, 0.717) is 24.2 Å². The standard InChI is InChI=1S/C26H25FN4O/c1-18(20-12-13-22(23(27)16-20)19-8-3-2-4-9-19)26(32)30-14-7-10-21(17-30)25-29-28-24-11-5-6-15-31(24)25/h2-6,8-9,11-13,15-16,18,21H,7,10,14,17H2,1H3. The summed E-state index contributed by atoms with van der Waals surface area (Å²) >= 11 is 0. The third-order valence-electron chi connectivity index (χ3n) is 6.39. The van der Waals surface area contributed by atoms with E-state index in [4.69, 9.17) is 0 Å². The summed E-state index contributed by atoms with van der Waals surface area (Å²) in [6.07, 6.45) is 3.84. The average molecular weight is 429 g/mol. The highest BCUT2D eigenvalue weighted by atomic mass is 19.1. The molecule has 162 valence electrons. The van der Waals surface area contributed by atoms with Crippen molar-refractivity contribution in [1.82, 2.24) is 19.5 Å². The van der Waals surface area contributed by atoms with Gasteiger partial charge in [0.2, 0.25) is 5.91 Å². The molecule has 5 nitrogen and oxygen atoms in total. The number of rotatable bonds is 4. The van der Waals surface area contributed by atoms with E-state index >= 15 is 0 Å². The van der Waals surface area contributed by atoms with Crippen molar-refractivity contribution in [2.75, 3.05) is 13.1 Å². The van der Waals surface area contributed by atoms with E-state index in [2.05, 4.69) is 10.2 Å². The predicted octanol–water partition coefficient (Wildman–Crippen LogP) is 5.05. The molecule has 0 radical (unpaired) electrons. The Kier molecular flexibility index (Phi) is 5.43. The maximum Gasteiger partial charge on any atom is 0.229 e. The normalized spacial score (nSPS) is 17.4. The zero-order valence-electron chi connectivity index (χ0n) is 18.0. The number of hydrogen-bond donors (Lipinski definition) is 0. The molecular weight excluding hydrogens is 403 g/mol. The van der Waals surface area contributed by atoms with Gasteiger partial charge in [0.15, 0.2) is 5.65 Å². The fourth-order valence-corrected chi connectivity index (χ4v) is 4.60. The van der Waals surface area contributed by atoms with E-state index in [1.807, 2.05) is 77.0 Å². The lowest BCUT2D eigenvalue weighted by molar-refractivity contribution is -0.133. The highest BCUT2D eigenvalue weighted by Crippen LogP contribution is 2.30. The molecule has 32 heavy (non-hydrogen) atoms. The minimum Gasteiger partial charge on any atom is -0.341 e. The minimum atomic E-state index is -0.414. The van der Waals surface area contributed by atoms with Gasteiger partial charge in [-0.15, -0.1) is 10.2 Å². The van der Waals surface area contributed by atoms with Crippen LogP contribution >= 0.6 is 0 Å². The summed E-state index contributed by atoms with van der Waals surface area (Å²) in [7, 11) is 0. The van der Waals surface area contributed by atoms with Crippen molar-refractivity contribution in [1.29, 1.82) is 0 Å². The second-order valence-corrected chi connectivity index (χ2v) is 8.44. The van der Waals surface area contributed by atoms with Gasteiger partial charge in [-0.3, -0.25) is 9.20 Å². The van der Waals surface area contributed by atoms with Gasteiger partial charge in [0.1, 0.15) is 11.6 Å². The summed E-state index contributed by atoms with van der Waals surface area (Å²) in [5.74, 6) is 0.330. The van der Waals surface area contributed by atoms with Crippen LogP contribution in [0.25, 0.3) is 16.8 Å². The van der Waals surface area contributed by atoms with Crippen LogP contribution in [0.4, 0.5) is 4.39 Å². The smallest absolute Gasteiger partial charge is 0.229 e. The topological polar surface area (TPSA) is 50.5 Å². The monoisotopic (exact) mass is 428 g/mol. The summed E-state index contributed by atoms with van der Waals surface area (Å²) < 4.78 is 16.9. The lowest BCUT2D eigenvalue weighted by Crippen LogP contribution is -2.41. The lowest BCUT2D eigenvalue weighted by atomic mass is 9.93. The number of benzene rings is 2. The Balaban J connectivity index is 1.34. The molecule has 0 saturated carbocycles. The molecule has 6 heteroatoms. The Bertz CT molecular complexity index is 1250. The summed E-state index contributed by atoms with van der Waals surface area (Å²) in [4.78, 5) is 15.2. The van der Waals surface area contributed by atoms with Crippen molar-refractivity contribution in [3.63, 3.8) is 0 Å². The Morgan fingerprint density at radius 3 is 2.69 bits per heavy atom. The molecule has 1 fully saturated rings. The number of carbonyl (C=O) groups excluding carboxylic acids is 1. The second-order valence-electron chi connectivity index (χ2n) is 8.44. The molecule has 1 aliphatic rings. The molecule has 1 amide bonds. The number of pyridine rings is 1. The van der Waals surface area contributed by atoms with Crippen LogP contribution in [0.1, 0.15) is 43.0 Å². The van der Waals surface area contributed by atoms with Crippen molar-refractivity contribution in [3.05, 3.63) is 90.1 Å². The maximum atomic E-state index is 14.9. The van der Waals surface area contributed by atoms with Crippen LogP contribution in [0.5, 0.6) is 0 Å². The van der Waals surface area contributed by atoms with Crippen LogP contribution in [0.3, 0.4) is 0 Å². The number of piperidine rings is 1. The molecule has 2 aromatic heterocycles. The molecule has 2 atom stereocenters. The highest BCUT2D eigenvalue weighted by molar-refractivity contribution is 5.83. The zero-order valence-corrected chi connectivity index (χ0v) is 18.0. The van der Waals surface area contributed by atoms with Crippen molar-refractivity contribution in [2.24, 2.45) is 0 Å². The van der Waals surface area contributed by atoms with Gasteiger partial charge in [-0.2, -0.15) is 0 Å². The Morgan fingerprint density at radius 2 is 1.88 bits per heavy atom. The average Bonchev–Trinajstić information content (AvgIpc) is 3.28. The third-order valence-corrected chi connectivity index (χ3v) is 6.39. The molecule has 2 unspecified atom stereocenters. The quantitative estimate of drug-likeness (QED) is 0.457. The SMILES string of the molecule is CC(C(=O)N1CCCC(c2nnc3ccccn23)C1)c1ccc(-c2ccccc2)c(F)c1. The van der Waals surface area contributed by atoms with Crippen LogP contribution in [0.15, 0.2) is 72.9 Å². The fourth-order valence-electron chi connectivity index (χ4n) is 4.60. The van der Waals surface area contributed by atoms with Crippen molar-refractivity contribution >= 4 is 11.6 Å². The predicted molar refractivity (Wildman–Crippen MR) is 122 cm³/mol. The van der Waals surface area contributed by atoms with Crippen molar-refractivity contribution < 1.29 is 9.18 Å². The molecule has 0 N–H and O–H groups in total.